The molecule has 0 radical (unpaired) electrons. The van der Waals surface area contributed by atoms with Gasteiger partial charge in [-0.15, -0.1) is 45.3 Å². The summed E-state index contributed by atoms with van der Waals surface area (Å²) in [7, 11) is 0. The van der Waals surface area contributed by atoms with Gasteiger partial charge in [-0.2, -0.15) is 15.8 Å². The van der Waals surface area contributed by atoms with E-state index in [2.05, 4.69) is 39.9 Å². The minimum Gasteiger partial charge on any atom is -0.367 e. The van der Waals surface area contributed by atoms with Crippen LogP contribution in [0, 0.1) is 63.1 Å². The van der Waals surface area contributed by atoms with Crippen LogP contribution in [0.2, 0.25) is 23.7 Å². The Labute approximate surface area is 702 Å². The van der Waals surface area contributed by atoms with Crippen molar-refractivity contribution in [1.29, 1.82) is 15.8 Å². The zero-order valence-corrected chi connectivity index (χ0v) is 64.0. The van der Waals surface area contributed by atoms with E-state index in [9.17, 15) is 22.0 Å². The molecule has 32 heteroatoms. The number of hydrogen-bond acceptors (Lipinski definition) is 23. The van der Waals surface area contributed by atoms with Crippen LogP contribution in [0.4, 0.5) is 45.2 Å². The largest absolute Gasteiger partial charge is 0.367 e. The first-order chi connectivity index (χ1) is 62.8. The van der Waals surface area contributed by atoms with Gasteiger partial charge in [0.25, 0.3) is 0 Å². The zero-order chi connectivity index (χ0) is 98.2. The van der Waals surface area contributed by atoms with E-state index in [0.29, 0.717) is 44.6 Å². The Kier molecular flexibility index (Phi) is 18.3. The van der Waals surface area contributed by atoms with Crippen LogP contribution in [0.3, 0.4) is 0 Å². The molecule has 0 spiro atoms. The minimum atomic E-state index is -3.00. The van der Waals surface area contributed by atoms with Crippen LogP contribution < -0.4 is 21.2 Å². The van der Waals surface area contributed by atoms with Gasteiger partial charge in [0.15, 0.2) is 5.65 Å². The van der Waals surface area contributed by atoms with Crippen LogP contribution in [0.5, 0.6) is 0 Å². The number of hydrogen-bond donors (Lipinski definition) is 4. The van der Waals surface area contributed by atoms with Crippen LogP contribution in [0.15, 0.2) is 116 Å². The van der Waals surface area contributed by atoms with Gasteiger partial charge >= 0.3 is 0 Å². The second-order valence-electron chi connectivity index (χ2n) is 24.6. The van der Waals surface area contributed by atoms with Gasteiger partial charge in [0, 0.05) is 142 Å². The highest BCUT2D eigenvalue weighted by molar-refractivity contribution is 7.23. The van der Waals surface area contributed by atoms with Crippen molar-refractivity contribution in [2.45, 2.75) is 121 Å². The number of anilines is 4. The Morgan fingerprint density at radius 3 is 1.34 bits per heavy atom. The third-order valence-corrected chi connectivity index (χ3v) is 21.7. The van der Waals surface area contributed by atoms with Gasteiger partial charge in [0.2, 0.25) is 0 Å². The first-order valence-electron chi connectivity index (χ1n) is 45.5. The smallest absolute Gasteiger partial charge is 0.162 e. The quantitative estimate of drug-likeness (QED) is 0.0490. The Morgan fingerprint density at radius 1 is 0.482 bits per heavy atom. The normalized spacial score (nSPS) is 22.3. The lowest BCUT2D eigenvalue weighted by molar-refractivity contribution is 0.208. The molecule has 16 rings (SSSR count). The first-order valence-corrected chi connectivity index (χ1v) is 38.1. The van der Waals surface area contributed by atoms with Crippen molar-refractivity contribution in [1.82, 2.24) is 59.5 Å². The molecule has 0 bridgehead atoms. The SMILES string of the molecule is [2H]c1c(Cl)sc2ncnc(N([2H])C3([2H])CCN(C([2H])c4cc(C#N)ccc4F)CC3)c12.[2H]c1nc(N([2H])C2([2H])C([2H])([2H])CN(C([2H])c3cc(C#N)ccc3F)CC2([2H])[2H])c2c([2H])c(C([2H])(C)C)sc2n1.[2H]c1nc(N([2H])C2([2H])CCN(C([2H])c3cc(Cl)c(F)cc3F)CC2)c2c([2H])c(Cl)sc2n1.[2H]c1nc(N([2H])C2([2H])CCN(C([2H])c3ccc(F)c(C#N)c3)CC2)c2c([2H])c(Cl)sc2n1. The molecule has 4 aliphatic rings. The summed E-state index contributed by atoms with van der Waals surface area (Å²) in [5.41, 5.74) is 0.485. The molecule has 4 N–H and O–H groups in total. The Bertz CT molecular complexity index is 6620. The van der Waals surface area contributed by atoms with Gasteiger partial charge in [0.05, 0.1) is 79.4 Å². The summed E-state index contributed by atoms with van der Waals surface area (Å²) in [6.45, 7) is -1.49. The van der Waals surface area contributed by atoms with Crippen LogP contribution >= 0.6 is 91.8 Å². The van der Waals surface area contributed by atoms with E-state index in [-0.39, 0.29) is 202 Å². The fourth-order valence-electron chi connectivity index (χ4n) is 11.3. The Morgan fingerprint density at radius 2 is 0.882 bits per heavy atom. The van der Waals surface area contributed by atoms with E-state index in [0.717, 1.165) is 84.4 Å². The topological polar surface area (TPSA) is 236 Å². The standard InChI is InChI=1S/C22H24FN5S.2C19H17ClFN5S.C18H16Cl2F2N4S/c1-14(2)20-10-18-21(25-13-26-22(18)29-20)27-17-5-7-28(8-6-17)12-16-9-15(11-24)3-4-19(16)23;20-17-8-15-18(23-11-24-19(15)27-17)25-14-3-5-26(6-4-14)10-12-1-2-16(21)13(7-12)9-22;20-17-8-15-18(23-11-24-19(15)27-17)25-14-3-5-26(6-4-14)10-13-7-12(9-22)1-2-16(13)21;19-13-5-10(14(21)7-15(13)22)8-26-3-1-11(2-4-26)25-17-12-6-16(20)27-18(12)24-9-23-17/h3-4,9-10,13-14,17H,5-8,12H2,1-2H3,(H,25,26,27);2*1-2,7-8,11,14H,3-6,10H2,(H,23,24,25);5-7,9,11H,1-4,8H2,(H,23,24,25)/i5D2,6D2,10D,12D,13D,14D,17D;8D,10D,11D,14D;8D,10D,14D;6D,8D,9D,11D/hD4. The molecule has 19 nitrogen and oxygen atoms in total. The zero-order valence-electron chi connectivity index (χ0n) is 81.7. The number of nitrogens with zero attached hydrogens (tertiary/aromatic N) is 15. The number of rotatable bonds is 17. The number of thiophene rings is 4. The molecule has 0 saturated carbocycles. The number of halogens is 9. The van der Waals surface area contributed by atoms with Gasteiger partial charge in [0.1, 0.15) is 107 Å². The maximum atomic E-state index is 14.5. The van der Waals surface area contributed by atoms with E-state index in [1.807, 2.05) is 12.1 Å². The monoisotopic (exact) mass is 1660 g/mol. The third kappa shape index (κ3) is 20.5. The van der Waals surface area contributed by atoms with Crippen LogP contribution in [0.1, 0.15) is 142 Å². The average molecular weight is 1670 g/mol. The second-order valence-corrected chi connectivity index (χ2v) is 30.8. The molecule has 8 aromatic heterocycles. The molecule has 0 aliphatic carbocycles. The lowest BCUT2D eigenvalue weighted by Crippen LogP contribution is -2.39. The summed E-state index contributed by atoms with van der Waals surface area (Å²) in [6.07, 6.45) is -4.69. The molecule has 568 valence electrons. The minimum absolute atomic E-state index is 0.00350. The molecule has 12 heterocycles. The number of piperidine rings is 4. The molecule has 4 aliphatic heterocycles. The summed E-state index contributed by atoms with van der Waals surface area (Å²) in [5.74, 6) is -5.46. The molecule has 4 fully saturated rings. The van der Waals surface area contributed by atoms with Gasteiger partial charge in [-0.3, -0.25) is 19.6 Å². The maximum absolute atomic E-state index is 14.5. The van der Waals surface area contributed by atoms with Gasteiger partial charge in [-0.25, -0.2) is 61.8 Å². The second kappa shape index (κ2) is 37.1. The van der Waals surface area contributed by atoms with E-state index in [1.165, 1.54) is 62.6 Å². The lowest BCUT2D eigenvalue weighted by Gasteiger charge is -2.32. The molecule has 4 aromatic carbocycles. The number of nitriles is 3. The van der Waals surface area contributed by atoms with E-state index in [4.69, 9.17) is 95.3 Å². The molecule has 0 amide bonds. The predicted octanol–water partition coefficient (Wildman–Crippen LogP) is 19.1. The van der Waals surface area contributed by atoms with Gasteiger partial charge in [-0.05, 0) is 141 Å². The van der Waals surface area contributed by atoms with E-state index < -0.39 is 123 Å². The Hall–Kier alpha value is -8.64. The average Bonchev–Trinajstić information content (AvgIpc) is 0.735. The van der Waals surface area contributed by atoms with Crippen molar-refractivity contribution in [3.05, 3.63) is 207 Å². The molecule has 4 saturated heterocycles. The highest BCUT2D eigenvalue weighted by Crippen LogP contribution is 2.38. The summed E-state index contributed by atoms with van der Waals surface area (Å²) < 4.78 is 274. The molecule has 110 heavy (non-hydrogen) atoms. The highest BCUT2D eigenvalue weighted by Gasteiger charge is 2.27. The third-order valence-electron chi connectivity index (χ3n) is 16.9. The fourth-order valence-corrected chi connectivity index (χ4v) is 15.3. The highest BCUT2D eigenvalue weighted by atomic mass is 35.5. The first kappa shape index (κ1) is 54.1. The van der Waals surface area contributed by atoms with Crippen molar-refractivity contribution >= 4 is 156 Å². The van der Waals surface area contributed by atoms with E-state index in [1.54, 1.807) is 20.8 Å². The van der Waals surface area contributed by atoms with Crippen LogP contribution in [0.25, 0.3) is 40.9 Å². The molecule has 4 unspecified atom stereocenters. The van der Waals surface area contributed by atoms with Gasteiger partial charge < -0.3 is 21.2 Å². The number of likely N-dealkylation sites (tertiary alicyclic amines) is 4. The summed E-state index contributed by atoms with van der Waals surface area (Å²) >= 11 is 28.0. The molecule has 4 atom stereocenters. The van der Waals surface area contributed by atoms with E-state index >= 15 is 0 Å². The summed E-state index contributed by atoms with van der Waals surface area (Å²) in [4.78, 5) is 39.5. The summed E-state index contributed by atoms with van der Waals surface area (Å²) in [5, 5.41) is 30.6. The van der Waals surface area contributed by atoms with Crippen molar-refractivity contribution < 1.29 is 55.0 Å². The van der Waals surface area contributed by atoms with Crippen molar-refractivity contribution in [3.8, 4) is 18.2 Å². The number of benzene rings is 4. The van der Waals surface area contributed by atoms with Crippen molar-refractivity contribution in [2.75, 3.05) is 73.6 Å². The number of fused-ring (bicyclic) bond motifs is 4. The lowest BCUT2D eigenvalue weighted by atomic mass is 10.0. The van der Waals surface area contributed by atoms with Crippen molar-refractivity contribution in [3.63, 3.8) is 0 Å². The number of nitrogens with one attached hydrogen (secondary N) is 4. The fraction of sp³-hybridized carbons (Fsp3) is 0.346. The molecular weight excluding hydrogens is 1570 g/mol. The van der Waals surface area contributed by atoms with Crippen LogP contribution in [-0.2, 0) is 26.1 Å². The molecular formula is C78H74Cl4F5N19S4. The number of aromatic nitrogens is 8. The summed E-state index contributed by atoms with van der Waals surface area (Å²) in [6, 6.07) is 11.1. The maximum Gasteiger partial charge on any atom is 0.162 e. The Balaban J connectivity index is 0.000000152. The van der Waals surface area contributed by atoms with Gasteiger partial charge in [-0.1, -0.05) is 66.3 Å². The van der Waals surface area contributed by atoms with Crippen LogP contribution in [-0.4, -0.2) is 136 Å². The predicted molar refractivity (Wildman–Crippen MR) is 431 cm³/mol. The molecule has 12 aromatic rings. The van der Waals surface area contributed by atoms with Crippen molar-refractivity contribution in [2.24, 2.45) is 0 Å².